The molecule has 2 unspecified atom stereocenters. The van der Waals surface area contributed by atoms with Crippen molar-refractivity contribution in [2.75, 3.05) is 0 Å². The molecule has 2 atom stereocenters. The van der Waals surface area contributed by atoms with Gasteiger partial charge >= 0.3 is 5.97 Å². The second-order valence-corrected chi connectivity index (χ2v) is 12.2. The summed E-state index contributed by atoms with van der Waals surface area (Å²) in [6.45, 7) is 0.529. The normalized spacial score (nSPS) is 21.4. The molecule has 2 aliphatic rings. The van der Waals surface area contributed by atoms with Crippen LogP contribution in [0.1, 0.15) is 49.7 Å². The van der Waals surface area contributed by atoms with E-state index in [1.54, 1.807) is 0 Å². The molecule has 5 heteroatoms. The number of Topliss-reactive ketones (excluding diaryl/α,β-unsaturated/α-hetero) is 1. The highest BCUT2D eigenvalue weighted by Crippen LogP contribution is 2.46. The van der Waals surface area contributed by atoms with Gasteiger partial charge in [0.25, 0.3) is 0 Å². The predicted molar refractivity (Wildman–Crippen MR) is 160 cm³/mol. The molecule has 0 spiro atoms. The topological polar surface area (TPSA) is 52.6 Å². The van der Waals surface area contributed by atoms with Crippen LogP contribution in [0, 0.1) is 5.92 Å². The second-order valence-electron chi connectivity index (χ2n) is 11.0. The van der Waals surface area contributed by atoms with Crippen LogP contribution in [0.15, 0.2) is 102 Å². The number of aryl methyl sites for hydroxylation is 1. The molecule has 0 aromatic heterocycles. The van der Waals surface area contributed by atoms with Crippen LogP contribution in [-0.4, -0.2) is 22.6 Å². The van der Waals surface area contributed by atoms with Gasteiger partial charge in [-0.1, -0.05) is 91.7 Å². The van der Waals surface area contributed by atoms with Gasteiger partial charge in [-0.3, -0.25) is 9.59 Å². The van der Waals surface area contributed by atoms with Crippen LogP contribution in [0.2, 0.25) is 0 Å². The van der Waals surface area contributed by atoms with Crippen molar-refractivity contribution in [2.45, 2.75) is 67.3 Å². The molecule has 2 fully saturated rings. The molecule has 1 aliphatic carbocycles. The number of benzene rings is 4. The molecule has 0 N–H and O–H groups in total. The van der Waals surface area contributed by atoms with Gasteiger partial charge in [-0.05, 0) is 71.7 Å². The van der Waals surface area contributed by atoms with E-state index in [0.29, 0.717) is 19.4 Å². The molecule has 4 nitrogen and oxygen atoms in total. The zero-order chi connectivity index (χ0) is 27.4. The van der Waals surface area contributed by atoms with Gasteiger partial charge in [-0.15, -0.1) is 11.8 Å². The molecule has 1 aliphatic heterocycles. The van der Waals surface area contributed by atoms with E-state index in [1.807, 2.05) is 72.8 Å². The van der Waals surface area contributed by atoms with Crippen LogP contribution in [-0.2, 0) is 27.4 Å². The Bertz CT molecular complexity index is 1450. The monoisotopic (exact) mass is 550 g/mol. The molecule has 0 radical (unpaired) electrons. The fourth-order valence-electron chi connectivity index (χ4n) is 6.22. The quantitative estimate of drug-likeness (QED) is 0.156. The van der Waals surface area contributed by atoms with Gasteiger partial charge in [0, 0.05) is 11.3 Å². The van der Waals surface area contributed by atoms with Crippen LogP contribution in [0.3, 0.4) is 0 Å². The third-order valence-corrected chi connectivity index (χ3v) is 9.69. The van der Waals surface area contributed by atoms with Crippen molar-refractivity contribution in [2.24, 2.45) is 5.92 Å². The molecule has 1 saturated heterocycles. The highest BCUT2D eigenvalue weighted by Gasteiger charge is 2.51. The molecular formula is C35H34O4S. The zero-order valence-electron chi connectivity index (χ0n) is 22.6. The van der Waals surface area contributed by atoms with Crippen molar-refractivity contribution >= 4 is 34.3 Å². The smallest absolute Gasteiger partial charge is 0.327 e. The minimum absolute atomic E-state index is 0.00857. The van der Waals surface area contributed by atoms with Crippen LogP contribution in [0.5, 0.6) is 5.75 Å². The fraction of sp³-hybridized carbons (Fsp3) is 0.314. The first-order valence-electron chi connectivity index (χ1n) is 14.3. The standard InChI is InChI=1S/C35H34O4S/c36-31-23-35(28-13-5-6-14-28,22-21-25-17-19-29(20-18-25)38-24-26-9-2-1-3-10-26)39-34(37)33(31)40-32-16-8-12-27-11-4-7-15-30(27)32/h1-4,7-12,15-20,28,33H,5-6,13-14,21-24H2. The highest BCUT2D eigenvalue weighted by molar-refractivity contribution is 8.01. The molecular weight excluding hydrogens is 516 g/mol. The molecule has 4 aromatic rings. The van der Waals surface area contributed by atoms with Crippen LogP contribution in [0.25, 0.3) is 10.8 Å². The maximum atomic E-state index is 13.6. The lowest BCUT2D eigenvalue weighted by Gasteiger charge is -2.43. The Kier molecular flexibility index (Phi) is 7.92. The van der Waals surface area contributed by atoms with Crippen molar-refractivity contribution in [3.63, 3.8) is 0 Å². The largest absolute Gasteiger partial charge is 0.489 e. The molecule has 0 bridgehead atoms. The van der Waals surface area contributed by atoms with E-state index in [9.17, 15) is 9.59 Å². The molecule has 1 saturated carbocycles. The Labute approximate surface area is 240 Å². The maximum absolute atomic E-state index is 13.6. The maximum Gasteiger partial charge on any atom is 0.327 e. The Morgan fingerprint density at radius 1 is 0.800 bits per heavy atom. The average molecular weight is 551 g/mol. The third-order valence-electron chi connectivity index (χ3n) is 8.39. The lowest BCUT2D eigenvalue weighted by Crippen LogP contribution is -2.53. The summed E-state index contributed by atoms with van der Waals surface area (Å²) < 4.78 is 12.3. The summed E-state index contributed by atoms with van der Waals surface area (Å²) in [5.41, 5.74) is 1.56. The molecule has 0 amide bonds. The Morgan fingerprint density at radius 2 is 1.52 bits per heavy atom. The number of cyclic esters (lactones) is 1. The lowest BCUT2D eigenvalue weighted by atomic mass is 9.76. The number of rotatable bonds is 9. The Balaban J connectivity index is 1.14. The van der Waals surface area contributed by atoms with Crippen molar-refractivity contribution < 1.29 is 19.1 Å². The number of carbonyl (C=O) groups excluding carboxylic acids is 2. The first-order valence-corrected chi connectivity index (χ1v) is 15.1. The van der Waals surface area contributed by atoms with E-state index in [-0.39, 0.29) is 17.7 Å². The molecule has 1 heterocycles. The fourth-order valence-corrected chi connectivity index (χ4v) is 7.30. The average Bonchev–Trinajstić information content (AvgIpc) is 3.54. The number of hydrogen-bond donors (Lipinski definition) is 0. The first-order chi connectivity index (χ1) is 19.6. The highest BCUT2D eigenvalue weighted by atomic mass is 32.2. The van der Waals surface area contributed by atoms with Crippen LogP contribution < -0.4 is 4.74 Å². The summed E-state index contributed by atoms with van der Waals surface area (Å²) in [6.07, 6.45) is 5.97. The van der Waals surface area contributed by atoms with Gasteiger partial charge in [0.05, 0.1) is 0 Å². The number of thioether (sulfide) groups is 1. The lowest BCUT2D eigenvalue weighted by molar-refractivity contribution is -0.177. The number of carbonyl (C=O) groups is 2. The molecule has 4 aromatic carbocycles. The predicted octanol–water partition coefficient (Wildman–Crippen LogP) is 7.96. The summed E-state index contributed by atoms with van der Waals surface area (Å²) in [5.74, 6) is 0.666. The third kappa shape index (κ3) is 5.80. The van der Waals surface area contributed by atoms with E-state index >= 15 is 0 Å². The zero-order valence-corrected chi connectivity index (χ0v) is 23.4. The minimum atomic E-state index is -0.818. The van der Waals surface area contributed by atoms with Crippen LogP contribution >= 0.6 is 11.8 Å². The number of ketones is 1. The SMILES string of the molecule is O=C1CC(CCc2ccc(OCc3ccccc3)cc2)(C2CCCC2)OC(=O)C1Sc1cccc2ccccc12. The van der Waals surface area contributed by atoms with Gasteiger partial charge in [0.1, 0.15) is 18.0 Å². The number of fused-ring (bicyclic) bond motifs is 1. The number of esters is 1. The van der Waals surface area contributed by atoms with Crippen molar-refractivity contribution in [3.8, 4) is 5.75 Å². The summed E-state index contributed by atoms with van der Waals surface area (Å²) >= 11 is 1.33. The second kappa shape index (κ2) is 11.9. The van der Waals surface area contributed by atoms with E-state index in [1.165, 1.54) is 11.8 Å². The summed E-state index contributed by atoms with van der Waals surface area (Å²) in [4.78, 5) is 28.0. The van der Waals surface area contributed by atoms with Gasteiger partial charge in [0.15, 0.2) is 11.0 Å². The van der Waals surface area contributed by atoms with E-state index in [2.05, 4.69) is 24.3 Å². The summed E-state index contributed by atoms with van der Waals surface area (Å²) in [5, 5.41) is 1.33. The van der Waals surface area contributed by atoms with Crippen LogP contribution in [0.4, 0.5) is 0 Å². The van der Waals surface area contributed by atoms with Crippen molar-refractivity contribution in [1.82, 2.24) is 0 Å². The Morgan fingerprint density at radius 3 is 2.30 bits per heavy atom. The molecule has 204 valence electrons. The van der Waals surface area contributed by atoms with E-state index in [4.69, 9.17) is 9.47 Å². The van der Waals surface area contributed by atoms with E-state index < -0.39 is 10.9 Å². The van der Waals surface area contributed by atoms with Gasteiger partial charge in [0.2, 0.25) is 0 Å². The van der Waals surface area contributed by atoms with Gasteiger partial charge < -0.3 is 9.47 Å². The minimum Gasteiger partial charge on any atom is -0.489 e. The summed E-state index contributed by atoms with van der Waals surface area (Å²) in [6, 6.07) is 32.3. The van der Waals surface area contributed by atoms with Crippen molar-refractivity contribution in [1.29, 1.82) is 0 Å². The number of hydrogen-bond acceptors (Lipinski definition) is 5. The number of ether oxygens (including phenoxy) is 2. The van der Waals surface area contributed by atoms with Gasteiger partial charge in [-0.2, -0.15) is 0 Å². The van der Waals surface area contributed by atoms with E-state index in [0.717, 1.165) is 64.6 Å². The summed E-state index contributed by atoms with van der Waals surface area (Å²) in [7, 11) is 0. The first kappa shape index (κ1) is 26.6. The molecule has 40 heavy (non-hydrogen) atoms. The Hall–Kier alpha value is -3.57. The van der Waals surface area contributed by atoms with Gasteiger partial charge in [-0.25, -0.2) is 0 Å². The van der Waals surface area contributed by atoms with Crippen molar-refractivity contribution in [3.05, 3.63) is 108 Å². The molecule has 6 rings (SSSR count).